The van der Waals surface area contributed by atoms with Crippen LogP contribution in [0.2, 0.25) is 5.02 Å². The van der Waals surface area contributed by atoms with E-state index < -0.39 is 0 Å². The molecular formula is C22H28ClN3O2. The fraction of sp³-hybridized carbons (Fsp3) is 0.364. The first-order valence-corrected chi connectivity index (χ1v) is 9.64. The number of likely N-dealkylation sites (N-methyl/N-ethyl adjacent to an activating group) is 1. The Morgan fingerprint density at radius 1 is 1.00 bits per heavy atom. The molecule has 0 fully saturated rings. The Balaban J connectivity index is 1.85. The Kier molecular flexibility index (Phi) is 7.61. The minimum absolute atomic E-state index is 0.134. The van der Waals surface area contributed by atoms with Crippen molar-refractivity contribution < 1.29 is 9.59 Å². The Morgan fingerprint density at radius 2 is 1.54 bits per heavy atom. The number of hydrogen-bond acceptors (Lipinski definition) is 3. The number of anilines is 1. The highest BCUT2D eigenvalue weighted by Gasteiger charge is 2.15. The number of benzene rings is 2. The summed E-state index contributed by atoms with van der Waals surface area (Å²) >= 11 is 5.89. The summed E-state index contributed by atoms with van der Waals surface area (Å²) in [7, 11) is 1.75. The molecule has 0 bridgehead atoms. The second-order valence-corrected chi connectivity index (χ2v) is 7.77. The van der Waals surface area contributed by atoms with E-state index in [-0.39, 0.29) is 30.9 Å². The van der Waals surface area contributed by atoms with Crippen molar-refractivity contribution in [3.8, 4) is 0 Å². The predicted octanol–water partition coefficient (Wildman–Crippen LogP) is 4.01. The van der Waals surface area contributed by atoms with Gasteiger partial charge >= 0.3 is 0 Å². The fourth-order valence-corrected chi connectivity index (χ4v) is 3.35. The third kappa shape index (κ3) is 6.36. The van der Waals surface area contributed by atoms with Crippen molar-refractivity contribution in [3.05, 3.63) is 63.7 Å². The second-order valence-electron chi connectivity index (χ2n) is 7.33. The van der Waals surface area contributed by atoms with E-state index >= 15 is 0 Å². The average molecular weight is 402 g/mol. The lowest BCUT2D eigenvalue weighted by atomic mass is 10.1. The molecule has 0 radical (unpaired) electrons. The summed E-state index contributed by atoms with van der Waals surface area (Å²) in [5.41, 5.74) is 5.04. The molecule has 1 atom stereocenters. The normalized spacial score (nSPS) is 12.0. The van der Waals surface area contributed by atoms with Crippen molar-refractivity contribution >= 4 is 29.1 Å². The molecule has 0 aromatic heterocycles. The molecule has 2 aromatic rings. The molecule has 0 aliphatic heterocycles. The number of halogens is 1. The Morgan fingerprint density at radius 3 is 2.11 bits per heavy atom. The number of nitrogens with one attached hydrogen (secondary N) is 2. The van der Waals surface area contributed by atoms with Crippen LogP contribution in [0, 0.1) is 20.8 Å². The summed E-state index contributed by atoms with van der Waals surface area (Å²) in [6.45, 7) is 8.17. The van der Waals surface area contributed by atoms with Gasteiger partial charge in [0.1, 0.15) is 0 Å². The molecular weight excluding hydrogens is 374 g/mol. The standard InChI is InChI=1S/C22H28ClN3O2/c1-14-10-15(2)22(16(3)11-14)25-21(28)13-26(5)12-20(27)24-17(4)18-6-8-19(23)9-7-18/h6-11,17H,12-13H2,1-5H3,(H,24,27)(H,25,28)/t17-/m0/s1. The van der Waals surface area contributed by atoms with E-state index in [1.165, 1.54) is 0 Å². The van der Waals surface area contributed by atoms with Crippen molar-refractivity contribution in [2.24, 2.45) is 0 Å². The number of carbonyl (C=O) groups excluding carboxylic acids is 2. The zero-order valence-corrected chi connectivity index (χ0v) is 17.9. The topological polar surface area (TPSA) is 61.4 Å². The van der Waals surface area contributed by atoms with Gasteiger partial charge in [-0.3, -0.25) is 14.5 Å². The van der Waals surface area contributed by atoms with E-state index in [1.54, 1.807) is 24.1 Å². The highest BCUT2D eigenvalue weighted by atomic mass is 35.5. The van der Waals surface area contributed by atoms with E-state index in [0.717, 1.165) is 27.9 Å². The molecule has 28 heavy (non-hydrogen) atoms. The van der Waals surface area contributed by atoms with Gasteiger partial charge in [-0.2, -0.15) is 0 Å². The molecule has 0 heterocycles. The van der Waals surface area contributed by atoms with Gasteiger partial charge in [-0.1, -0.05) is 41.4 Å². The molecule has 2 N–H and O–H groups in total. The molecule has 0 saturated carbocycles. The minimum Gasteiger partial charge on any atom is -0.348 e. The van der Waals surface area contributed by atoms with E-state index in [9.17, 15) is 9.59 Å². The van der Waals surface area contributed by atoms with Gasteiger partial charge in [-0.15, -0.1) is 0 Å². The van der Waals surface area contributed by atoms with E-state index in [4.69, 9.17) is 11.6 Å². The summed E-state index contributed by atoms with van der Waals surface area (Å²) in [5, 5.41) is 6.55. The van der Waals surface area contributed by atoms with Crippen LogP contribution in [0.25, 0.3) is 0 Å². The van der Waals surface area contributed by atoms with Crippen LogP contribution >= 0.6 is 11.6 Å². The van der Waals surface area contributed by atoms with Crippen LogP contribution < -0.4 is 10.6 Å². The van der Waals surface area contributed by atoms with Gasteiger partial charge < -0.3 is 10.6 Å². The van der Waals surface area contributed by atoms with Crippen LogP contribution in [0.15, 0.2) is 36.4 Å². The number of amides is 2. The van der Waals surface area contributed by atoms with Crippen molar-refractivity contribution in [3.63, 3.8) is 0 Å². The van der Waals surface area contributed by atoms with E-state index in [2.05, 4.69) is 10.6 Å². The highest BCUT2D eigenvalue weighted by Crippen LogP contribution is 2.21. The zero-order valence-electron chi connectivity index (χ0n) is 17.1. The summed E-state index contributed by atoms with van der Waals surface area (Å²) in [5.74, 6) is -0.281. The Labute approximate surface area is 172 Å². The van der Waals surface area contributed by atoms with Crippen LogP contribution in [0.5, 0.6) is 0 Å². The maximum atomic E-state index is 12.4. The van der Waals surface area contributed by atoms with Gasteiger partial charge in [-0.05, 0) is 63.6 Å². The SMILES string of the molecule is Cc1cc(C)c(NC(=O)CN(C)CC(=O)N[C@@H](C)c2ccc(Cl)cc2)c(C)c1. The molecule has 0 unspecified atom stereocenters. The molecule has 5 nitrogen and oxygen atoms in total. The predicted molar refractivity (Wildman–Crippen MR) is 115 cm³/mol. The molecule has 6 heteroatoms. The van der Waals surface area contributed by atoms with E-state index in [0.29, 0.717) is 5.02 Å². The van der Waals surface area contributed by atoms with Crippen molar-refractivity contribution in [1.82, 2.24) is 10.2 Å². The van der Waals surface area contributed by atoms with E-state index in [1.807, 2.05) is 52.0 Å². The lowest BCUT2D eigenvalue weighted by molar-refractivity contribution is -0.123. The zero-order chi connectivity index (χ0) is 20.8. The summed E-state index contributed by atoms with van der Waals surface area (Å²) in [4.78, 5) is 26.3. The number of rotatable bonds is 7. The maximum absolute atomic E-state index is 12.4. The van der Waals surface area contributed by atoms with Crippen LogP contribution in [0.1, 0.15) is 35.2 Å². The Bertz CT molecular complexity index is 826. The van der Waals surface area contributed by atoms with Gasteiger partial charge in [0.25, 0.3) is 0 Å². The van der Waals surface area contributed by atoms with Crippen LogP contribution in [0.3, 0.4) is 0 Å². The first-order chi connectivity index (χ1) is 13.2. The van der Waals surface area contributed by atoms with Crippen molar-refractivity contribution in [2.45, 2.75) is 33.7 Å². The van der Waals surface area contributed by atoms with Crippen molar-refractivity contribution in [1.29, 1.82) is 0 Å². The molecule has 0 aliphatic rings. The van der Waals surface area contributed by atoms with Crippen molar-refractivity contribution in [2.75, 3.05) is 25.5 Å². The molecule has 0 spiro atoms. The van der Waals surface area contributed by atoms with Crippen LogP contribution in [0.4, 0.5) is 5.69 Å². The molecule has 0 aliphatic carbocycles. The lowest BCUT2D eigenvalue weighted by Gasteiger charge is -2.20. The van der Waals surface area contributed by atoms with Gasteiger partial charge in [0.05, 0.1) is 19.1 Å². The third-order valence-electron chi connectivity index (χ3n) is 4.52. The number of nitrogens with zero attached hydrogens (tertiary/aromatic N) is 1. The summed E-state index contributed by atoms with van der Waals surface area (Å²) in [6.07, 6.45) is 0. The molecule has 150 valence electrons. The van der Waals surface area contributed by atoms with Gasteiger partial charge in [0.15, 0.2) is 0 Å². The number of aryl methyl sites for hydroxylation is 3. The largest absolute Gasteiger partial charge is 0.348 e. The number of carbonyl (C=O) groups is 2. The minimum atomic E-state index is -0.142. The smallest absolute Gasteiger partial charge is 0.238 e. The highest BCUT2D eigenvalue weighted by molar-refractivity contribution is 6.30. The molecule has 2 aromatic carbocycles. The summed E-state index contributed by atoms with van der Waals surface area (Å²) in [6, 6.07) is 11.3. The maximum Gasteiger partial charge on any atom is 0.238 e. The Hall–Kier alpha value is -2.37. The van der Waals surface area contributed by atoms with Gasteiger partial charge in [0.2, 0.25) is 11.8 Å². The molecule has 2 rings (SSSR count). The second kappa shape index (κ2) is 9.71. The third-order valence-corrected chi connectivity index (χ3v) is 4.77. The quantitative estimate of drug-likeness (QED) is 0.736. The van der Waals surface area contributed by atoms with Gasteiger partial charge in [-0.25, -0.2) is 0 Å². The lowest BCUT2D eigenvalue weighted by Crippen LogP contribution is -2.39. The number of hydrogen-bond donors (Lipinski definition) is 2. The fourth-order valence-electron chi connectivity index (χ4n) is 3.22. The average Bonchev–Trinajstić information content (AvgIpc) is 2.58. The summed E-state index contributed by atoms with van der Waals surface area (Å²) < 4.78 is 0. The monoisotopic (exact) mass is 401 g/mol. The first kappa shape index (κ1) is 21.9. The van der Waals surface area contributed by atoms with Crippen LogP contribution in [-0.4, -0.2) is 36.9 Å². The van der Waals surface area contributed by atoms with Crippen LogP contribution in [-0.2, 0) is 9.59 Å². The molecule has 0 saturated heterocycles. The molecule has 2 amide bonds. The first-order valence-electron chi connectivity index (χ1n) is 9.26. The van der Waals surface area contributed by atoms with Gasteiger partial charge in [0, 0.05) is 10.7 Å².